The van der Waals surface area contributed by atoms with Crippen molar-refractivity contribution in [3.63, 3.8) is 0 Å². The molecule has 2 aromatic carbocycles. The maximum atomic E-state index is 13.9. The van der Waals surface area contributed by atoms with Crippen molar-refractivity contribution >= 4 is 23.5 Å². The number of aromatic nitrogens is 2. The summed E-state index contributed by atoms with van der Waals surface area (Å²) >= 11 is 0. The van der Waals surface area contributed by atoms with Crippen LogP contribution < -0.4 is 15.0 Å². The molecule has 2 amide bonds. The van der Waals surface area contributed by atoms with E-state index in [-0.39, 0.29) is 24.2 Å². The molecule has 1 aliphatic rings. The first-order valence-corrected chi connectivity index (χ1v) is 12.8. The Kier molecular flexibility index (Phi) is 9.02. The minimum Gasteiger partial charge on any atom is -0.497 e. The van der Waals surface area contributed by atoms with E-state index in [1.54, 1.807) is 62.6 Å². The van der Waals surface area contributed by atoms with E-state index in [1.165, 1.54) is 23.5 Å². The Morgan fingerprint density at radius 1 is 1.00 bits per heavy atom. The van der Waals surface area contributed by atoms with Gasteiger partial charge in [0.1, 0.15) is 17.5 Å². The second-order valence-corrected chi connectivity index (χ2v) is 9.05. The molecule has 198 valence electrons. The Morgan fingerprint density at radius 2 is 1.71 bits per heavy atom. The van der Waals surface area contributed by atoms with Crippen molar-refractivity contribution in [1.29, 1.82) is 0 Å². The van der Waals surface area contributed by atoms with Gasteiger partial charge < -0.3 is 14.8 Å². The third kappa shape index (κ3) is 6.34. The summed E-state index contributed by atoms with van der Waals surface area (Å²) in [6.07, 6.45) is 9.32. The molecule has 9 nitrogen and oxygen atoms in total. The van der Waals surface area contributed by atoms with E-state index in [0.29, 0.717) is 22.6 Å². The summed E-state index contributed by atoms with van der Waals surface area (Å²) in [7, 11) is 1.57. The third-order valence-electron chi connectivity index (χ3n) is 6.55. The van der Waals surface area contributed by atoms with Crippen molar-refractivity contribution in [2.75, 3.05) is 18.6 Å². The van der Waals surface area contributed by atoms with E-state index in [0.717, 1.165) is 32.1 Å². The molecular weight excluding hydrogens is 484 g/mol. The van der Waals surface area contributed by atoms with Gasteiger partial charge in [-0.3, -0.25) is 19.5 Å². The average Bonchev–Trinajstić information content (AvgIpc) is 2.97. The number of methoxy groups -OCH3 is 1. The Bertz CT molecular complexity index is 1230. The Morgan fingerprint density at radius 3 is 2.32 bits per heavy atom. The molecule has 38 heavy (non-hydrogen) atoms. The lowest BCUT2D eigenvalue weighted by molar-refractivity contribution is -0.123. The number of ether oxygens (including phenoxy) is 2. The number of carbonyl (C=O) groups is 3. The topological polar surface area (TPSA) is 111 Å². The largest absolute Gasteiger partial charge is 0.497 e. The van der Waals surface area contributed by atoms with Crippen molar-refractivity contribution in [2.45, 2.75) is 51.1 Å². The molecule has 0 radical (unpaired) electrons. The molecule has 1 saturated carbocycles. The lowest BCUT2D eigenvalue weighted by Gasteiger charge is -2.33. The van der Waals surface area contributed by atoms with Crippen LogP contribution in [-0.4, -0.2) is 47.5 Å². The summed E-state index contributed by atoms with van der Waals surface area (Å²) in [4.78, 5) is 49.7. The number of hydrogen-bond acceptors (Lipinski definition) is 7. The standard InChI is InChI=1S/C29H32N4O5/c1-3-38-29(36)21-9-13-23(14-10-21)33(28(35)25-19-30-17-18-31-25)26(20-11-15-24(37-2)16-12-20)27(34)32-22-7-5-4-6-8-22/h9-19,22,26H,3-8H2,1-2H3,(H,32,34). The molecule has 1 atom stereocenters. The van der Waals surface area contributed by atoms with Crippen LogP contribution in [0.1, 0.15) is 71.5 Å². The maximum absolute atomic E-state index is 13.9. The second-order valence-electron chi connectivity index (χ2n) is 9.05. The summed E-state index contributed by atoms with van der Waals surface area (Å²) in [5, 5.41) is 3.17. The van der Waals surface area contributed by atoms with Crippen LogP contribution in [0.5, 0.6) is 5.75 Å². The summed E-state index contributed by atoms with van der Waals surface area (Å²) in [6, 6.07) is 12.5. The zero-order valence-electron chi connectivity index (χ0n) is 21.6. The quantitative estimate of drug-likeness (QED) is 0.417. The molecule has 1 heterocycles. The normalized spacial score (nSPS) is 14.3. The monoisotopic (exact) mass is 516 g/mol. The van der Waals surface area contributed by atoms with Gasteiger partial charge in [-0.2, -0.15) is 0 Å². The number of rotatable bonds is 9. The minimum atomic E-state index is -1.01. The Balaban J connectivity index is 1.79. The fraction of sp³-hybridized carbons (Fsp3) is 0.345. The third-order valence-corrected chi connectivity index (χ3v) is 6.55. The summed E-state index contributed by atoms with van der Waals surface area (Å²) in [5.74, 6) is -0.631. The fourth-order valence-corrected chi connectivity index (χ4v) is 4.62. The molecule has 3 aromatic rings. The molecular formula is C29H32N4O5. The van der Waals surface area contributed by atoms with E-state index < -0.39 is 17.9 Å². The van der Waals surface area contributed by atoms with Crippen LogP contribution in [-0.2, 0) is 9.53 Å². The smallest absolute Gasteiger partial charge is 0.338 e. The maximum Gasteiger partial charge on any atom is 0.338 e. The first-order chi connectivity index (χ1) is 18.5. The molecule has 1 fully saturated rings. The van der Waals surface area contributed by atoms with Crippen LogP contribution in [0, 0.1) is 0 Å². The molecule has 0 saturated heterocycles. The summed E-state index contributed by atoms with van der Waals surface area (Å²) < 4.78 is 10.4. The molecule has 1 aliphatic carbocycles. The van der Waals surface area contributed by atoms with Gasteiger partial charge in [0, 0.05) is 24.1 Å². The van der Waals surface area contributed by atoms with Crippen molar-refractivity contribution in [2.24, 2.45) is 0 Å². The van der Waals surface area contributed by atoms with Gasteiger partial charge in [0.25, 0.3) is 5.91 Å². The van der Waals surface area contributed by atoms with Gasteiger partial charge in [-0.15, -0.1) is 0 Å². The molecule has 1 aromatic heterocycles. The molecule has 1 N–H and O–H groups in total. The number of anilines is 1. The Hall–Kier alpha value is -4.27. The minimum absolute atomic E-state index is 0.0386. The summed E-state index contributed by atoms with van der Waals surface area (Å²) in [5.41, 5.74) is 1.46. The Labute approximate surface area is 222 Å². The number of benzene rings is 2. The zero-order chi connectivity index (χ0) is 26.9. The van der Waals surface area contributed by atoms with Crippen molar-refractivity contribution < 1.29 is 23.9 Å². The lowest BCUT2D eigenvalue weighted by atomic mass is 9.94. The van der Waals surface area contributed by atoms with E-state index in [1.807, 2.05) is 0 Å². The van der Waals surface area contributed by atoms with E-state index in [9.17, 15) is 14.4 Å². The van der Waals surface area contributed by atoms with Gasteiger partial charge in [-0.25, -0.2) is 9.78 Å². The van der Waals surface area contributed by atoms with Gasteiger partial charge in [-0.1, -0.05) is 31.4 Å². The van der Waals surface area contributed by atoms with Gasteiger partial charge >= 0.3 is 5.97 Å². The van der Waals surface area contributed by atoms with Crippen molar-refractivity contribution in [3.8, 4) is 5.75 Å². The molecule has 0 spiro atoms. The first-order valence-electron chi connectivity index (χ1n) is 12.8. The fourth-order valence-electron chi connectivity index (χ4n) is 4.62. The molecule has 9 heteroatoms. The first kappa shape index (κ1) is 26.8. The predicted octanol–water partition coefficient (Wildman–Crippen LogP) is 4.50. The summed E-state index contributed by atoms with van der Waals surface area (Å²) in [6.45, 7) is 1.98. The van der Waals surface area contributed by atoms with Gasteiger partial charge in [-0.05, 0) is 61.7 Å². The number of nitrogens with zero attached hydrogens (tertiary/aromatic N) is 3. The van der Waals surface area contributed by atoms with Crippen molar-refractivity contribution in [1.82, 2.24) is 15.3 Å². The van der Waals surface area contributed by atoms with Crippen molar-refractivity contribution in [3.05, 3.63) is 83.9 Å². The molecule has 1 unspecified atom stereocenters. The van der Waals surface area contributed by atoms with Gasteiger partial charge in [0.05, 0.1) is 25.5 Å². The molecule has 0 bridgehead atoms. The SMILES string of the molecule is CCOC(=O)c1ccc(N(C(=O)c2cnccn2)C(C(=O)NC2CCCCC2)c2ccc(OC)cc2)cc1. The van der Waals surface area contributed by atoms with Gasteiger partial charge in [0.15, 0.2) is 0 Å². The van der Waals surface area contributed by atoms with Crippen LogP contribution >= 0.6 is 0 Å². The van der Waals surface area contributed by atoms with Gasteiger partial charge in [0.2, 0.25) is 5.91 Å². The molecule has 0 aliphatic heterocycles. The number of hydrogen-bond donors (Lipinski definition) is 1. The van der Waals surface area contributed by atoms with E-state index in [4.69, 9.17) is 9.47 Å². The van der Waals surface area contributed by atoms with E-state index in [2.05, 4.69) is 15.3 Å². The number of amides is 2. The number of nitrogens with one attached hydrogen (secondary N) is 1. The van der Waals surface area contributed by atoms with Crippen LogP contribution in [0.25, 0.3) is 0 Å². The highest BCUT2D eigenvalue weighted by Crippen LogP contribution is 2.31. The second kappa shape index (κ2) is 12.8. The highest BCUT2D eigenvalue weighted by Gasteiger charge is 2.35. The highest BCUT2D eigenvalue weighted by molar-refractivity contribution is 6.09. The average molecular weight is 517 g/mol. The number of carbonyl (C=O) groups excluding carboxylic acids is 3. The van der Waals surface area contributed by atoms with Crippen LogP contribution in [0.15, 0.2) is 67.1 Å². The number of esters is 1. The van der Waals surface area contributed by atoms with Crippen LogP contribution in [0.3, 0.4) is 0 Å². The predicted molar refractivity (Wildman–Crippen MR) is 142 cm³/mol. The van der Waals surface area contributed by atoms with Crippen LogP contribution in [0.4, 0.5) is 5.69 Å². The van der Waals surface area contributed by atoms with Crippen LogP contribution in [0.2, 0.25) is 0 Å². The zero-order valence-corrected chi connectivity index (χ0v) is 21.6. The highest BCUT2D eigenvalue weighted by atomic mass is 16.5. The van der Waals surface area contributed by atoms with E-state index >= 15 is 0 Å². The lowest BCUT2D eigenvalue weighted by Crippen LogP contribution is -2.47. The molecule has 4 rings (SSSR count).